The molecular formula is C28H45N. The minimum atomic E-state index is 0.391. The van der Waals surface area contributed by atoms with E-state index in [1.807, 2.05) is 33.9 Å². The van der Waals surface area contributed by atoms with Crippen LogP contribution in [0.15, 0.2) is 30.6 Å². The van der Waals surface area contributed by atoms with E-state index in [2.05, 4.69) is 43.2 Å². The monoisotopic (exact) mass is 395 g/mol. The van der Waals surface area contributed by atoms with Gasteiger partial charge in [0.25, 0.3) is 0 Å². The van der Waals surface area contributed by atoms with Crippen molar-refractivity contribution in [1.29, 1.82) is 0 Å². The van der Waals surface area contributed by atoms with E-state index in [4.69, 9.17) is 0 Å². The van der Waals surface area contributed by atoms with Crippen molar-refractivity contribution >= 4 is 5.57 Å². The van der Waals surface area contributed by atoms with Gasteiger partial charge in [-0.15, -0.1) is 0 Å². The number of aromatic nitrogens is 1. The summed E-state index contributed by atoms with van der Waals surface area (Å²) < 4.78 is 0. The van der Waals surface area contributed by atoms with Crippen LogP contribution in [-0.2, 0) is 0 Å². The van der Waals surface area contributed by atoms with E-state index in [-0.39, 0.29) is 0 Å². The lowest BCUT2D eigenvalue weighted by atomic mass is 9.45. The number of fused-ring (bicyclic) bond motifs is 5. The van der Waals surface area contributed by atoms with Gasteiger partial charge in [-0.3, -0.25) is 4.98 Å². The molecule has 3 saturated carbocycles. The zero-order valence-electron chi connectivity index (χ0n) is 20.0. The van der Waals surface area contributed by atoms with Crippen LogP contribution in [-0.4, -0.2) is 4.98 Å². The summed E-state index contributed by atoms with van der Waals surface area (Å²) in [6, 6.07) is 4.38. The van der Waals surface area contributed by atoms with Crippen LogP contribution < -0.4 is 0 Å². The molecule has 4 aliphatic carbocycles. The van der Waals surface area contributed by atoms with Crippen LogP contribution in [0.5, 0.6) is 0 Å². The number of hydrogen-bond donors (Lipinski definition) is 0. The molecule has 0 radical (unpaired) electrons. The molecule has 1 heterocycles. The normalized spacial score (nSPS) is 40.0. The summed E-state index contributed by atoms with van der Waals surface area (Å²) in [5, 5.41) is 0. The van der Waals surface area contributed by atoms with Gasteiger partial charge in [-0.25, -0.2) is 0 Å². The fraction of sp³-hybridized carbons (Fsp3) is 0.750. The van der Waals surface area contributed by atoms with E-state index in [1.54, 1.807) is 5.57 Å². The molecule has 29 heavy (non-hydrogen) atoms. The molecule has 1 aromatic rings. The Morgan fingerprint density at radius 1 is 0.897 bits per heavy atom. The third kappa shape index (κ3) is 3.72. The van der Waals surface area contributed by atoms with Gasteiger partial charge in [0, 0.05) is 12.4 Å². The Morgan fingerprint density at radius 3 is 2.41 bits per heavy atom. The van der Waals surface area contributed by atoms with E-state index in [1.165, 1.54) is 63.4 Å². The van der Waals surface area contributed by atoms with Crippen molar-refractivity contribution < 1.29 is 0 Å². The molecule has 0 spiro atoms. The third-order valence-electron chi connectivity index (χ3n) is 9.14. The minimum Gasteiger partial charge on any atom is -0.264 e. The molecule has 3 fully saturated rings. The minimum absolute atomic E-state index is 0.391. The number of pyridine rings is 1. The highest BCUT2D eigenvalue weighted by Crippen LogP contribution is 2.67. The first kappa shape index (κ1) is 22.6. The van der Waals surface area contributed by atoms with E-state index in [0.29, 0.717) is 10.8 Å². The molecule has 6 unspecified atom stereocenters. The quantitative estimate of drug-likeness (QED) is 0.464. The second-order valence-corrected chi connectivity index (χ2v) is 9.95. The van der Waals surface area contributed by atoms with Crippen molar-refractivity contribution in [2.24, 2.45) is 34.5 Å². The highest BCUT2D eigenvalue weighted by molar-refractivity contribution is 5.72. The van der Waals surface area contributed by atoms with Gasteiger partial charge in [0.1, 0.15) is 0 Å². The standard InChI is InChI=1S/C24H33N.2C2H6/c1-23-13-4-3-7-18(23)8-9-19-21-11-10-20(17-6-5-15-25-16-17)24(21,2)14-12-22(19)23;2*1-2/h5-6,10,15-16,18-19,21-22H,3-4,7-9,11-14H2,1-2H3;2*1-2H3. The van der Waals surface area contributed by atoms with Crippen molar-refractivity contribution in [2.45, 2.75) is 99.3 Å². The lowest BCUT2D eigenvalue weighted by molar-refractivity contribution is -0.0953. The van der Waals surface area contributed by atoms with Crippen LogP contribution in [0.25, 0.3) is 5.57 Å². The van der Waals surface area contributed by atoms with Crippen molar-refractivity contribution in [3.05, 3.63) is 36.2 Å². The van der Waals surface area contributed by atoms with Gasteiger partial charge in [0.05, 0.1) is 0 Å². The maximum Gasteiger partial charge on any atom is 0.0343 e. The van der Waals surface area contributed by atoms with Gasteiger partial charge < -0.3 is 0 Å². The average Bonchev–Trinajstić information content (AvgIpc) is 3.14. The van der Waals surface area contributed by atoms with E-state index in [9.17, 15) is 0 Å². The van der Waals surface area contributed by atoms with Gasteiger partial charge in [-0.2, -0.15) is 0 Å². The van der Waals surface area contributed by atoms with Gasteiger partial charge >= 0.3 is 0 Å². The number of allylic oxidation sites excluding steroid dienone is 2. The Hall–Kier alpha value is -1.11. The molecule has 1 aromatic heterocycles. The zero-order valence-corrected chi connectivity index (χ0v) is 20.0. The molecule has 1 heteroatoms. The van der Waals surface area contributed by atoms with Crippen LogP contribution in [0.4, 0.5) is 0 Å². The second kappa shape index (κ2) is 9.36. The van der Waals surface area contributed by atoms with Crippen LogP contribution in [0, 0.1) is 34.5 Å². The molecule has 0 bridgehead atoms. The maximum absolute atomic E-state index is 4.40. The third-order valence-corrected chi connectivity index (χ3v) is 9.14. The van der Waals surface area contributed by atoms with Crippen LogP contribution in [0.2, 0.25) is 0 Å². The summed E-state index contributed by atoms with van der Waals surface area (Å²) in [5.41, 5.74) is 4.03. The molecule has 0 amide bonds. The van der Waals surface area contributed by atoms with Crippen molar-refractivity contribution in [3.8, 4) is 0 Å². The first-order valence-corrected chi connectivity index (χ1v) is 12.7. The van der Waals surface area contributed by atoms with Crippen molar-refractivity contribution in [1.82, 2.24) is 4.98 Å². The fourth-order valence-electron chi connectivity index (χ4n) is 7.83. The molecular weight excluding hydrogens is 350 g/mol. The highest BCUT2D eigenvalue weighted by Gasteiger charge is 2.57. The zero-order chi connectivity index (χ0) is 21.1. The molecule has 4 aliphatic rings. The van der Waals surface area contributed by atoms with E-state index < -0.39 is 0 Å². The lowest BCUT2D eigenvalue weighted by Crippen LogP contribution is -2.52. The number of rotatable bonds is 1. The Kier molecular flexibility index (Phi) is 7.28. The SMILES string of the molecule is CC.CC.CC12CCC3C(CCC4CCCCC43C)C1CC=C2c1cccnc1. The largest absolute Gasteiger partial charge is 0.264 e. The summed E-state index contributed by atoms with van der Waals surface area (Å²) in [6.45, 7) is 13.3. The van der Waals surface area contributed by atoms with Gasteiger partial charge in [0.15, 0.2) is 0 Å². The average molecular weight is 396 g/mol. The molecule has 0 saturated heterocycles. The summed E-state index contributed by atoms with van der Waals surface area (Å²) in [7, 11) is 0. The summed E-state index contributed by atoms with van der Waals surface area (Å²) in [4.78, 5) is 4.40. The van der Waals surface area contributed by atoms with E-state index >= 15 is 0 Å². The smallest absolute Gasteiger partial charge is 0.0343 e. The summed E-state index contributed by atoms with van der Waals surface area (Å²) in [5.74, 6) is 3.86. The van der Waals surface area contributed by atoms with Gasteiger partial charge in [0.2, 0.25) is 0 Å². The molecule has 6 atom stereocenters. The fourth-order valence-corrected chi connectivity index (χ4v) is 7.83. The Morgan fingerprint density at radius 2 is 1.69 bits per heavy atom. The maximum atomic E-state index is 4.40. The molecule has 0 aromatic carbocycles. The summed E-state index contributed by atoms with van der Waals surface area (Å²) in [6.07, 6.45) is 19.7. The second-order valence-electron chi connectivity index (χ2n) is 9.95. The van der Waals surface area contributed by atoms with Crippen molar-refractivity contribution in [2.75, 3.05) is 0 Å². The topological polar surface area (TPSA) is 12.9 Å². The van der Waals surface area contributed by atoms with Crippen LogP contribution in [0.1, 0.15) is 105 Å². The number of hydrogen-bond acceptors (Lipinski definition) is 1. The molecule has 5 rings (SSSR count). The van der Waals surface area contributed by atoms with Gasteiger partial charge in [-0.1, -0.05) is 66.5 Å². The lowest BCUT2D eigenvalue weighted by Gasteiger charge is -2.60. The first-order valence-electron chi connectivity index (χ1n) is 12.7. The predicted molar refractivity (Wildman–Crippen MR) is 127 cm³/mol. The first-order chi connectivity index (χ1) is 14.1. The Balaban J connectivity index is 0.000000568. The highest BCUT2D eigenvalue weighted by atomic mass is 14.6. The van der Waals surface area contributed by atoms with Crippen LogP contribution in [0.3, 0.4) is 0 Å². The Bertz CT molecular complexity index is 677. The molecule has 162 valence electrons. The van der Waals surface area contributed by atoms with E-state index in [0.717, 1.165) is 23.7 Å². The van der Waals surface area contributed by atoms with Crippen molar-refractivity contribution in [3.63, 3.8) is 0 Å². The summed E-state index contributed by atoms with van der Waals surface area (Å²) >= 11 is 0. The predicted octanol–water partition coefficient (Wildman–Crippen LogP) is 8.56. The van der Waals surface area contributed by atoms with Gasteiger partial charge in [-0.05, 0) is 96.7 Å². The molecule has 0 aliphatic heterocycles. The van der Waals surface area contributed by atoms with Crippen LogP contribution >= 0.6 is 0 Å². The number of nitrogens with zero attached hydrogens (tertiary/aromatic N) is 1. The molecule has 1 nitrogen and oxygen atoms in total. The Labute approximate surface area is 180 Å². The molecule has 0 N–H and O–H groups in total.